The van der Waals surface area contributed by atoms with Gasteiger partial charge in [0.15, 0.2) is 0 Å². The third-order valence-electron chi connectivity index (χ3n) is 3.11. The predicted octanol–water partition coefficient (Wildman–Crippen LogP) is 3.26. The van der Waals surface area contributed by atoms with Gasteiger partial charge in [0, 0.05) is 12.0 Å². The summed E-state index contributed by atoms with van der Waals surface area (Å²) in [6.07, 6.45) is 2.31. The maximum Gasteiger partial charge on any atom is 0.335 e. The van der Waals surface area contributed by atoms with Crippen molar-refractivity contribution in [2.45, 2.75) is 13.3 Å². The molecule has 3 rings (SSSR count). The Labute approximate surface area is 120 Å². The number of rotatable bonds is 4. The monoisotopic (exact) mass is 284 g/mol. The average molecular weight is 284 g/mol. The lowest BCUT2D eigenvalue weighted by molar-refractivity contribution is 0.0697. The zero-order valence-corrected chi connectivity index (χ0v) is 11.2. The van der Waals surface area contributed by atoms with Gasteiger partial charge in [-0.15, -0.1) is 0 Å². The van der Waals surface area contributed by atoms with E-state index in [1.807, 2.05) is 6.92 Å². The van der Waals surface area contributed by atoms with E-state index in [0.717, 1.165) is 17.7 Å². The van der Waals surface area contributed by atoms with Gasteiger partial charge in [-0.3, -0.25) is 0 Å². The number of nitrogens with zero attached hydrogens (tertiary/aromatic N) is 2. The normalized spacial score (nSPS) is 10.7. The summed E-state index contributed by atoms with van der Waals surface area (Å²) in [5.74, 6) is 0.607. The Morgan fingerprint density at radius 2 is 2.00 bits per heavy atom. The lowest BCUT2D eigenvalue weighted by Gasteiger charge is -1.96. The first kappa shape index (κ1) is 13.1. The van der Waals surface area contributed by atoms with Crippen molar-refractivity contribution in [3.05, 3.63) is 47.9 Å². The molecule has 0 aliphatic heterocycles. The Kier molecular flexibility index (Phi) is 3.27. The molecular weight excluding hydrogens is 272 g/mol. The van der Waals surface area contributed by atoms with Crippen LogP contribution >= 0.6 is 0 Å². The zero-order chi connectivity index (χ0) is 14.8. The van der Waals surface area contributed by atoms with Crippen LogP contribution in [-0.4, -0.2) is 21.2 Å². The molecule has 0 radical (unpaired) electrons. The fraction of sp³-hybridized carbons (Fsp3) is 0.133. The summed E-state index contributed by atoms with van der Waals surface area (Å²) < 4.78 is 10.6. The van der Waals surface area contributed by atoms with Crippen molar-refractivity contribution in [1.82, 2.24) is 10.1 Å². The van der Waals surface area contributed by atoms with E-state index in [1.165, 1.54) is 12.1 Å². The third kappa shape index (κ3) is 2.43. The minimum Gasteiger partial charge on any atom is -0.478 e. The number of carboxylic acid groups (broad SMARTS) is 1. The van der Waals surface area contributed by atoms with Gasteiger partial charge >= 0.3 is 5.97 Å². The van der Waals surface area contributed by atoms with Gasteiger partial charge in [-0.05, 0) is 18.2 Å². The van der Waals surface area contributed by atoms with Crippen LogP contribution in [0, 0.1) is 0 Å². The molecule has 0 saturated heterocycles. The van der Waals surface area contributed by atoms with Crippen molar-refractivity contribution in [2.24, 2.45) is 0 Å². The lowest BCUT2D eigenvalue weighted by Crippen LogP contribution is -1.95. The molecule has 21 heavy (non-hydrogen) atoms. The van der Waals surface area contributed by atoms with Gasteiger partial charge in [-0.25, -0.2) is 4.79 Å². The second-order valence-corrected chi connectivity index (χ2v) is 4.42. The highest BCUT2D eigenvalue weighted by Crippen LogP contribution is 2.26. The van der Waals surface area contributed by atoms with Crippen molar-refractivity contribution >= 4 is 5.97 Å². The summed E-state index contributed by atoms with van der Waals surface area (Å²) in [4.78, 5) is 15.1. The second kappa shape index (κ2) is 5.24. The Morgan fingerprint density at radius 1 is 1.24 bits per heavy atom. The molecule has 1 N–H and O–H groups in total. The van der Waals surface area contributed by atoms with Crippen LogP contribution < -0.4 is 0 Å². The fourth-order valence-electron chi connectivity index (χ4n) is 2.02. The molecule has 106 valence electrons. The number of furan rings is 1. The van der Waals surface area contributed by atoms with E-state index in [0.29, 0.717) is 17.3 Å². The smallest absolute Gasteiger partial charge is 0.335 e. The van der Waals surface area contributed by atoms with Crippen LogP contribution in [0.25, 0.3) is 22.8 Å². The SMILES string of the molecule is CCc1occc1-c1nc(-c2ccc(C(=O)O)cc2)no1. The molecule has 3 aromatic rings. The summed E-state index contributed by atoms with van der Waals surface area (Å²) in [5.41, 5.74) is 1.68. The quantitative estimate of drug-likeness (QED) is 0.790. The summed E-state index contributed by atoms with van der Waals surface area (Å²) in [6.45, 7) is 1.98. The molecule has 2 aromatic heterocycles. The number of aryl methyl sites for hydroxylation is 1. The Morgan fingerprint density at radius 3 is 2.67 bits per heavy atom. The number of benzene rings is 1. The topological polar surface area (TPSA) is 89.4 Å². The van der Waals surface area contributed by atoms with E-state index in [1.54, 1.807) is 24.5 Å². The van der Waals surface area contributed by atoms with Gasteiger partial charge < -0.3 is 14.0 Å². The molecule has 1 aromatic carbocycles. The number of aromatic nitrogens is 2. The Bertz CT molecular complexity index is 771. The molecule has 0 saturated carbocycles. The molecule has 0 amide bonds. The highest BCUT2D eigenvalue weighted by molar-refractivity contribution is 5.88. The number of carboxylic acids is 1. The van der Waals surface area contributed by atoms with Crippen molar-refractivity contribution in [2.75, 3.05) is 0 Å². The standard InChI is InChI=1S/C15H12N2O4/c1-2-12-11(7-8-20-12)14-16-13(17-21-14)9-3-5-10(6-4-9)15(18)19/h3-8H,2H2,1H3,(H,18,19). The minimum atomic E-state index is -0.971. The zero-order valence-electron chi connectivity index (χ0n) is 11.2. The van der Waals surface area contributed by atoms with E-state index in [9.17, 15) is 4.79 Å². The summed E-state index contributed by atoms with van der Waals surface area (Å²) in [6, 6.07) is 8.08. The van der Waals surface area contributed by atoms with E-state index < -0.39 is 5.97 Å². The number of aromatic carboxylic acids is 1. The van der Waals surface area contributed by atoms with Crippen LogP contribution in [0.5, 0.6) is 0 Å². The van der Waals surface area contributed by atoms with Crippen LogP contribution in [0.1, 0.15) is 23.0 Å². The van der Waals surface area contributed by atoms with Crippen LogP contribution in [0.2, 0.25) is 0 Å². The van der Waals surface area contributed by atoms with Gasteiger partial charge in [0.05, 0.1) is 17.4 Å². The van der Waals surface area contributed by atoms with Gasteiger partial charge in [-0.1, -0.05) is 24.2 Å². The maximum absolute atomic E-state index is 10.8. The van der Waals surface area contributed by atoms with Crippen LogP contribution in [0.3, 0.4) is 0 Å². The van der Waals surface area contributed by atoms with E-state index in [-0.39, 0.29) is 5.56 Å². The summed E-state index contributed by atoms with van der Waals surface area (Å²) in [5, 5.41) is 12.8. The lowest BCUT2D eigenvalue weighted by atomic mass is 10.1. The van der Waals surface area contributed by atoms with Crippen LogP contribution in [-0.2, 0) is 6.42 Å². The number of hydrogen-bond donors (Lipinski definition) is 1. The van der Waals surface area contributed by atoms with Gasteiger partial charge in [-0.2, -0.15) is 4.98 Å². The highest BCUT2D eigenvalue weighted by atomic mass is 16.5. The number of hydrogen-bond acceptors (Lipinski definition) is 5. The summed E-state index contributed by atoms with van der Waals surface area (Å²) >= 11 is 0. The second-order valence-electron chi connectivity index (χ2n) is 4.42. The van der Waals surface area contributed by atoms with E-state index >= 15 is 0 Å². The van der Waals surface area contributed by atoms with Crippen molar-refractivity contribution < 1.29 is 18.8 Å². The predicted molar refractivity (Wildman–Crippen MR) is 73.8 cm³/mol. The van der Waals surface area contributed by atoms with E-state index in [2.05, 4.69) is 10.1 Å². The third-order valence-corrected chi connectivity index (χ3v) is 3.11. The van der Waals surface area contributed by atoms with Crippen LogP contribution in [0.4, 0.5) is 0 Å². The first-order chi connectivity index (χ1) is 10.2. The molecule has 0 aliphatic carbocycles. The molecule has 0 fully saturated rings. The molecule has 6 heteroatoms. The Balaban J connectivity index is 1.93. The van der Waals surface area contributed by atoms with Gasteiger partial charge in [0.1, 0.15) is 5.76 Å². The highest BCUT2D eigenvalue weighted by Gasteiger charge is 2.15. The first-order valence-electron chi connectivity index (χ1n) is 6.43. The maximum atomic E-state index is 10.8. The van der Waals surface area contributed by atoms with Gasteiger partial charge in [0.2, 0.25) is 5.82 Å². The fourth-order valence-corrected chi connectivity index (χ4v) is 2.02. The molecule has 0 spiro atoms. The Hall–Kier alpha value is -2.89. The van der Waals surface area contributed by atoms with E-state index in [4.69, 9.17) is 14.0 Å². The summed E-state index contributed by atoms with van der Waals surface area (Å²) in [7, 11) is 0. The molecule has 0 unspecified atom stereocenters. The van der Waals surface area contributed by atoms with Crippen molar-refractivity contribution in [3.63, 3.8) is 0 Å². The molecule has 6 nitrogen and oxygen atoms in total. The molecule has 0 atom stereocenters. The van der Waals surface area contributed by atoms with Crippen molar-refractivity contribution in [1.29, 1.82) is 0 Å². The van der Waals surface area contributed by atoms with Crippen molar-refractivity contribution in [3.8, 4) is 22.8 Å². The molecular formula is C15H12N2O4. The van der Waals surface area contributed by atoms with Crippen LogP contribution in [0.15, 0.2) is 45.5 Å². The average Bonchev–Trinajstić information content (AvgIpc) is 3.15. The molecule has 0 aliphatic rings. The largest absolute Gasteiger partial charge is 0.478 e. The minimum absolute atomic E-state index is 0.213. The molecule has 0 bridgehead atoms. The number of carbonyl (C=O) groups is 1. The first-order valence-corrected chi connectivity index (χ1v) is 6.43. The van der Waals surface area contributed by atoms with Gasteiger partial charge in [0.25, 0.3) is 5.89 Å². The molecule has 2 heterocycles.